The number of carbonyl (C=O) groups is 1. The van der Waals surface area contributed by atoms with E-state index in [1.54, 1.807) is 11.9 Å². The third-order valence-electron chi connectivity index (χ3n) is 3.85. The zero-order valence-corrected chi connectivity index (χ0v) is 17.2. The number of carbonyl (C=O) groups excluding carboxylic acids is 1. The van der Waals surface area contributed by atoms with Gasteiger partial charge >= 0.3 is 0 Å². The molecule has 0 bridgehead atoms. The van der Waals surface area contributed by atoms with E-state index in [0.29, 0.717) is 6.54 Å². The van der Waals surface area contributed by atoms with Crippen LogP contribution in [0.2, 0.25) is 0 Å². The number of aryl methyl sites for hydroxylation is 2. The Morgan fingerprint density at radius 2 is 1.80 bits per heavy atom. The van der Waals surface area contributed by atoms with Crippen molar-refractivity contribution < 1.29 is 4.79 Å². The molecule has 25 heavy (non-hydrogen) atoms. The van der Waals surface area contributed by atoms with Crippen molar-refractivity contribution in [1.29, 1.82) is 0 Å². The summed E-state index contributed by atoms with van der Waals surface area (Å²) in [6.07, 6.45) is 0. The summed E-state index contributed by atoms with van der Waals surface area (Å²) in [6.45, 7) is 4.67. The van der Waals surface area contributed by atoms with Crippen LogP contribution < -0.4 is 11.1 Å². The monoisotopic (exact) mass is 452 g/mol. The molecule has 134 valence electrons. The Hall–Kier alpha value is -2.09. The lowest BCUT2D eigenvalue weighted by Crippen LogP contribution is -2.30. The summed E-state index contributed by atoms with van der Waals surface area (Å²) in [5.41, 5.74) is 10.2. The van der Waals surface area contributed by atoms with Crippen LogP contribution in [0.5, 0.6) is 0 Å². The molecule has 5 nitrogen and oxygen atoms in total. The number of nitrogens with one attached hydrogen (secondary N) is 1. The van der Waals surface area contributed by atoms with Gasteiger partial charge in [-0.3, -0.25) is 4.79 Å². The molecule has 0 aliphatic rings. The van der Waals surface area contributed by atoms with Crippen molar-refractivity contribution in [3.8, 4) is 0 Å². The Morgan fingerprint density at radius 1 is 1.12 bits per heavy atom. The standard InChI is InChI=1S/C19H24N4O.HI/c1-14-9-10-17(11-15(14)2)22-19(20)21-12-18(24)23(3)13-16-7-5-4-6-8-16;/h4-11H,12-13H2,1-3H3,(H3,20,21,22);1H. The summed E-state index contributed by atoms with van der Waals surface area (Å²) in [5, 5.41) is 3.01. The molecular formula is C19H25IN4O. The Kier molecular flexibility index (Phi) is 8.40. The molecule has 0 saturated heterocycles. The van der Waals surface area contributed by atoms with Crippen molar-refractivity contribution in [3.63, 3.8) is 0 Å². The van der Waals surface area contributed by atoms with Crippen LogP contribution in [0.25, 0.3) is 0 Å². The van der Waals surface area contributed by atoms with E-state index in [2.05, 4.69) is 17.2 Å². The van der Waals surface area contributed by atoms with E-state index in [1.807, 2.05) is 55.5 Å². The minimum atomic E-state index is -0.0799. The van der Waals surface area contributed by atoms with Crippen molar-refractivity contribution in [1.82, 2.24) is 4.90 Å². The van der Waals surface area contributed by atoms with E-state index < -0.39 is 0 Å². The number of guanidine groups is 1. The zero-order valence-electron chi connectivity index (χ0n) is 14.8. The van der Waals surface area contributed by atoms with Gasteiger partial charge < -0.3 is 16.0 Å². The van der Waals surface area contributed by atoms with Crippen LogP contribution in [-0.2, 0) is 11.3 Å². The molecule has 0 heterocycles. The summed E-state index contributed by atoms with van der Waals surface area (Å²) >= 11 is 0. The van der Waals surface area contributed by atoms with Gasteiger partial charge in [0.2, 0.25) is 5.91 Å². The summed E-state index contributed by atoms with van der Waals surface area (Å²) < 4.78 is 0. The number of nitrogens with two attached hydrogens (primary N) is 1. The first kappa shape index (κ1) is 21.0. The highest BCUT2D eigenvalue weighted by Crippen LogP contribution is 2.13. The van der Waals surface area contributed by atoms with E-state index in [9.17, 15) is 4.79 Å². The fourth-order valence-electron chi connectivity index (χ4n) is 2.23. The fraction of sp³-hybridized carbons (Fsp3) is 0.263. The first-order chi connectivity index (χ1) is 11.5. The highest BCUT2D eigenvalue weighted by atomic mass is 127. The molecule has 0 aromatic heterocycles. The molecule has 2 aromatic rings. The van der Waals surface area contributed by atoms with Gasteiger partial charge in [-0.05, 0) is 42.7 Å². The second-order valence-corrected chi connectivity index (χ2v) is 5.86. The SMILES string of the molecule is Cc1ccc(NC(N)=NCC(=O)N(C)Cc2ccccc2)cc1C.I. The van der Waals surface area contributed by atoms with Gasteiger partial charge in [-0.15, -0.1) is 24.0 Å². The first-order valence-corrected chi connectivity index (χ1v) is 7.88. The average molecular weight is 452 g/mol. The lowest BCUT2D eigenvalue weighted by atomic mass is 10.1. The highest BCUT2D eigenvalue weighted by Gasteiger charge is 2.08. The first-order valence-electron chi connectivity index (χ1n) is 7.88. The summed E-state index contributed by atoms with van der Waals surface area (Å²) in [4.78, 5) is 17.9. The Balaban J connectivity index is 0.00000312. The molecule has 0 fully saturated rings. The molecule has 0 saturated carbocycles. The quantitative estimate of drug-likeness (QED) is 0.416. The molecule has 0 aliphatic carbocycles. The van der Waals surface area contributed by atoms with Gasteiger partial charge in [-0.1, -0.05) is 36.4 Å². The number of amides is 1. The number of aliphatic imine (C=N–C) groups is 1. The number of nitrogens with zero attached hydrogens (tertiary/aromatic N) is 2. The highest BCUT2D eigenvalue weighted by molar-refractivity contribution is 14.0. The number of hydrogen-bond acceptors (Lipinski definition) is 2. The van der Waals surface area contributed by atoms with Crippen molar-refractivity contribution in [2.75, 3.05) is 18.9 Å². The van der Waals surface area contributed by atoms with Gasteiger partial charge in [0.25, 0.3) is 0 Å². The predicted molar refractivity (Wildman–Crippen MR) is 114 cm³/mol. The third kappa shape index (κ3) is 6.74. The minimum Gasteiger partial charge on any atom is -0.370 e. The smallest absolute Gasteiger partial charge is 0.244 e. The molecule has 6 heteroatoms. The van der Waals surface area contributed by atoms with Crippen LogP contribution in [0.1, 0.15) is 16.7 Å². The molecule has 0 unspecified atom stereocenters. The average Bonchev–Trinajstić information content (AvgIpc) is 2.57. The Labute approximate surface area is 166 Å². The van der Waals surface area contributed by atoms with E-state index >= 15 is 0 Å². The number of hydrogen-bond donors (Lipinski definition) is 2. The van der Waals surface area contributed by atoms with Crippen molar-refractivity contribution >= 4 is 41.5 Å². The number of likely N-dealkylation sites (N-methyl/N-ethyl adjacent to an activating group) is 1. The maximum Gasteiger partial charge on any atom is 0.244 e. The number of anilines is 1. The van der Waals surface area contributed by atoms with E-state index in [0.717, 1.165) is 11.3 Å². The lowest BCUT2D eigenvalue weighted by molar-refractivity contribution is -0.128. The summed E-state index contributed by atoms with van der Waals surface area (Å²) in [7, 11) is 1.76. The fourth-order valence-corrected chi connectivity index (χ4v) is 2.23. The van der Waals surface area contributed by atoms with Crippen LogP contribution in [0.3, 0.4) is 0 Å². The molecule has 3 N–H and O–H groups in total. The maximum atomic E-state index is 12.1. The van der Waals surface area contributed by atoms with E-state index in [-0.39, 0.29) is 42.4 Å². The Morgan fingerprint density at radius 3 is 2.44 bits per heavy atom. The van der Waals surface area contributed by atoms with Crippen molar-refractivity contribution in [3.05, 3.63) is 65.2 Å². The van der Waals surface area contributed by atoms with Crippen LogP contribution in [0, 0.1) is 13.8 Å². The van der Waals surface area contributed by atoms with Gasteiger partial charge in [0, 0.05) is 19.3 Å². The second-order valence-electron chi connectivity index (χ2n) is 5.86. The molecular weight excluding hydrogens is 427 g/mol. The second kappa shape index (κ2) is 10.0. The molecule has 2 aromatic carbocycles. The maximum absolute atomic E-state index is 12.1. The Bertz CT molecular complexity index is 731. The van der Waals surface area contributed by atoms with Gasteiger partial charge in [-0.25, -0.2) is 4.99 Å². The minimum absolute atomic E-state index is 0. The van der Waals surface area contributed by atoms with Crippen molar-refractivity contribution in [2.45, 2.75) is 20.4 Å². The van der Waals surface area contributed by atoms with E-state index in [4.69, 9.17) is 5.73 Å². The van der Waals surface area contributed by atoms with Crippen LogP contribution in [0.15, 0.2) is 53.5 Å². The topological polar surface area (TPSA) is 70.7 Å². The predicted octanol–water partition coefficient (Wildman–Crippen LogP) is 3.31. The zero-order chi connectivity index (χ0) is 17.5. The lowest BCUT2D eigenvalue weighted by Gasteiger charge is -2.16. The third-order valence-corrected chi connectivity index (χ3v) is 3.85. The molecule has 0 aliphatic heterocycles. The molecule has 2 rings (SSSR count). The number of halogens is 1. The molecule has 0 radical (unpaired) electrons. The van der Waals surface area contributed by atoms with Gasteiger partial charge in [-0.2, -0.15) is 0 Å². The number of benzene rings is 2. The summed E-state index contributed by atoms with van der Waals surface area (Å²) in [5.74, 6) is 0.156. The molecule has 0 atom stereocenters. The number of rotatable bonds is 5. The normalized spacial score (nSPS) is 10.8. The van der Waals surface area contributed by atoms with Gasteiger partial charge in [0.1, 0.15) is 6.54 Å². The van der Waals surface area contributed by atoms with Crippen LogP contribution in [-0.4, -0.2) is 30.4 Å². The van der Waals surface area contributed by atoms with Gasteiger partial charge in [0.15, 0.2) is 5.96 Å². The summed E-state index contributed by atoms with van der Waals surface area (Å²) in [6, 6.07) is 15.8. The van der Waals surface area contributed by atoms with Gasteiger partial charge in [0.05, 0.1) is 0 Å². The van der Waals surface area contributed by atoms with E-state index in [1.165, 1.54) is 11.1 Å². The molecule has 0 spiro atoms. The van der Waals surface area contributed by atoms with Crippen molar-refractivity contribution in [2.24, 2.45) is 10.7 Å². The van der Waals surface area contributed by atoms with Crippen LogP contribution >= 0.6 is 24.0 Å². The molecule has 1 amide bonds. The largest absolute Gasteiger partial charge is 0.370 e. The van der Waals surface area contributed by atoms with Crippen LogP contribution in [0.4, 0.5) is 5.69 Å².